The molecule has 0 unspecified atom stereocenters. The molecule has 0 aromatic carbocycles. The first-order valence-corrected chi connectivity index (χ1v) is 6.89. The van der Waals surface area contributed by atoms with Crippen LogP contribution < -0.4 is 0 Å². The molecule has 1 spiro atoms. The third-order valence-corrected chi connectivity index (χ3v) is 3.39. The van der Waals surface area contributed by atoms with Crippen molar-refractivity contribution in [1.82, 2.24) is 4.90 Å². The van der Waals surface area contributed by atoms with Gasteiger partial charge < -0.3 is 19.1 Å². The van der Waals surface area contributed by atoms with Crippen LogP contribution in [-0.2, 0) is 19.0 Å². The predicted molar refractivity (Wildman–Crippen MR) is 66.2 cm³/mol. The van der Waals surface area contributed by atoms with Crippen LogP contribution in [0, 0.1) is 0 Å². The van der Waals surface area contributed by atoms with E-state index in [1.54, 1.807) is 0 Å². The smallest absolute Gasteiger partial charge is 0.225 e. The van der Waals surface area contributed by atoms with Crippen molar-refractivity contribution in [1.29, 1.82) is 0 Å². The van der Waals surface area contributed by atoms with E-state index >= 15 is 0 Å². The van der Waals surface area contributed by atoms with Crippen molar-refractivity contribution < 1.29 is 19.0 Å². The second-order valence-electron chi connectivity index (χ2n) is 4.89. The summed E-state index contributed by atoms with van der Waals surface area (Å²) in [6.45, 7) is 5.95. The van der Waals surface area contributed by atoms with E-state index in [-0.39, 0.29) is 5.91 Å². The van der Waals surface area contributed by atoms with Gasteiger partial charge in [-0.25, -0.2) is 0 Å². The third-order valence-electron chi connectivity index (χ3n) is 3.39. The molecule has 5 nitrogen and oxygen atoms in total. The van der Waals surface area contributed by atoms with Crippen LogP contribution in [0.2, 0.25) is 0 Å². The summed E-state index contributed by atoms with van der Waals surface area (Å²) in [5, 5.41) is 0. The van der Waals surface area contributed by atoms with Gasteiger partial charge in [0.25, 0.3) is 0 Å². The summed E-state index contributed by atoms with van der Waals surface area (Å²) in [5.41, 5.74) is 0. The Labute approximate surface area is 108 Å². The fraction of sp³-hybridized carbons (Fsp3) is 0.923. The fourth-order valence-corrected chi connectivity index (χ4v) is 2.50. The maximum atomic E-state index is 12.0. The normalized spacial score (nSPS) is 22.6. The number of carbonyl (C=O) groups is 1. The van der Waals surface area contributed by atoms with Crippen LogP contribution in [-0.4, -0.2) is 56.1 Å². The monoisotopic (exact) mass is 257 g/mol. The molecule has 104 valence electrons. The molecule has 2 saturated heterocycles. The zero-order valence-electron chi connectivity index (χ0n) is 11.2. The number of carbonyl (C=O) groups excluding carboxylic acids is 1. The number of likely N-dealkylation sites (tertiary alicyclic amines) is 1. The second-order valence-corrected chi connectivity index (χ2v) is 4.89. The van der Waals surface area contributed by atoms with E-state index in [1.807, 2.05) is 4.90 Å². The minimum absolute atomic E-state index is 0.143. The molecule has 0 N–H and O–H groups in total. The molecule has 5 heteroatoms. The lowest BCUT2D eigenvalue weighted by molar-refractivity contribution is -0.193. The minimum Gasteiger partial charge on any atom is -0.381 e. The molecular weight excluding hydrogens is 234 g/mol. The summed E-state index contributed by atoms with van der Waals surface area (Å²) < 4.78 is 16.7. The van der Waals surface area contributed by atoms with Gasteiger partial charge in [-0.1, -0.05) is 6.92 Å². The van der Waals surface area contributed by atoms with Crippen molar-refractivity contribution in [3.63, 3.8) is 0 Å². The highest BCUT2D eigenvalue weighted by Gasteiger charge is 2.41. The highest BCUT2D eigenvalue weighted by molar-refractivity contribution is 5.76. The van der Waals surface area contributed by atoms with Crippen molar-refractivity contribution in [3.05, 3.63) is 0 Å². The second kappa shape index (κ2) is 6.50. The average molecular weight is 257 g/mol. The van der Waals surface area contributed by atoms with E-state index in [4.69, 9.17) is 14.2 Å². The van der Waals surface area contributed by atoms with Gasteiger partial charge in [-0.15, -0.1) is 0 Å². The molecule has 0 aliphatic carbocycles. The topological polar surface area (TPSA) is 48.0 Å². The zero-order chi connectivity index (χ0) is 12.8. The van der Waals surface area contributed by atoms with Crippen LogP contribution in [0.1, 0.15) is 32.6 Å². The van der Waals surface area contributed by atoms with Crippen LogP contribution in [0.4, 0.5) is 0 Å². The van der Waals surface area contributed by atoms with Gasteiger partial charge >= 0.3 is 0 Å². The standard InChI is InChI=1S/C13H23NO4/c1-2-7-16-8-4-12(15)14-6-3-5-13(11-14)17-9-10-18-13/h2-11H2,1H3. The molecule has 2 rings (SSSR count). The molecule has 18 heavy (non-hydrogen) atoms. The molecule has 1 amide bonds. The third kappa shape index (κ3) is 3.43. The lowest BCUT2D eigenvalue weighted by Gasteiger charge is -2.38. The largest absolute Gasteiger partial charge is 0.381 e. The van der Waals surface area contributed by atoms with E-state index in [2.05, 4.69) is 6.92 Å². The van der Waals surface area contributed by atoms with E-state index < -0.39 is 5.79 Å². The molecule has 0 aromatic rings. The predicted octanol–water partition coefficient (Wildman–Crippen LogP) is 1.17. The van der Waals surface area contributed by atoms with Gasteiger partial charge in [-0.3, -0.25) is 4.79 Å². The highest BCUT2D eigenvalue weighted by atomic mass is 16.7. The van der Waals surface area contributed by atoms with Crippen LogP contribution in [0.3, 0.4) is 0 Å². The van der Waals surface area contributed by atoms with E-state index in [0.29, 0.717) is 32.8 Å². The number of rotatable bonds is 5. The Kier molecular flexibility index (Phi) is 4.97. The maximum absolute atomic E-state index is 12.0. The van der Waals surface area contributed by atoms with E-state index in [1.165, 1.54) is 0 Å². The number of hydrogen-bond donors (Lipinski definition) is 0. The number of nitrogens with zero attached hydrogens (tertiary/aromatic N) is 1. The summed E-state index contributed by atoms with van der Waals surface area (Å²) in [6.07, 6.45) is 3.28. The maximum Gasteiger partial charge on any atom is 0.225 e. The first-order chi connectivity index (χ1) is 8.76. The van der Waals surface area contributed by atoms with Crippen molar-refractivity contribution in [2.75, 3.05) is 39.5 Å². The lowest BCUT2D eigenvalue weighted by atomic mass is 10.0. The molecule has 0 atom stereocenters. The van der Waals surface area contributed by atoms with Gasteiger partial charge in [-0.05, 0) is 12.8 Å². The molecular formula is C13H23NO4. The van der Waals surface area contributed by atoms with Gasteiger partial charge in [0.2, 0.25) is 5.91 Å². The minimum atomic E-state index is -0.516. The summed E-state index contributed by atoms with van der Waals surface area (Å²) in [7, 11) is 0. The van der Waals surface area contributed by atoms with Crippen LogP contribution in [0.5, 0.6) is 0 Å². The number of hydrogen-bond acceptors (Lipinski definition) is 4. The molecule has 0 aromatic heterocycles. The Bertz CT molecular complexity index is 276. The number of piperidine rings is 1. The molecule has 2 heterocycles. The van der Waals surface area contributed by atoms with Gasteiger partial charge in [0.05, 0.1) is 32.8 Å². The highest BCUT2D eigenvalue weighted by Crippen LogP contribution is 2.30. The van der Waals surface area contributed by atoms with E-state index in [0.717, 1.165) is 32.4 Å². The van der Waals surface area contributed by atoms with Crippen LogP contribution in [0.15, 0.2) is 0 Å². The Morgan fingerprint density at radius 1 is 1.33 bits per heavy atom. The first kappa shape index (κ1) is 13.8. The van der Waals surface area contributed by atoms with Gasteiger partial charge in [0.15, 0.2) is 5.79 Å². The van der Waals surface area contributed by atoms with Crippen molar-refractivity contribution in [2.24, 2.45) is 0 Å². The molecule has 0 saturated carbocycles. The van der Waals surface area contributed by atoms with Gasteiger partial charge in [0.1, 0.15) is 0 Å². The molecule has 2 aliphatic heterocycles. The summed E-state index contributed by atoms with van der Waals surface area (Å²) >= 11 is 0. The Hall–Kier alpha value is -0.650. The Balaban J connectivity index is 1.75. The van der Waals surface area contributed by atoms with Gasteiger partial charge in [-0.2, -0.15) is 0 Å². The van der Waals surface area contributed by atoms with Crippen molar-refractivity contribution in [2.45, 2.75) is 38.4 Å². The summed E-state index contributed by atoms with van der Waals surface area (Å²) in [5.74, 6) is -0.373. The summed E-state index contributed by atoms with van der Waals surface area (Å²) in [6, 6.07) is 0. The Morgan fingerprint density at radius 2 is 2.11 bits per heavy atom. The van der Waals surface area contributed by atoms with Gasteiger partial charge in [0, 0.05) is 19.6 Å². The van der Waals surface area contributed by atoms with Crippen LogP contribution >= 0.6 is 0 Å². The number of amides is 1. The van der Waals surface area contributed by atoms with Crippen molar-refractivity contribution >= 4 is 5.91 Å². The van der Waals surface area contributed by atoms with Crippen molar-refractivity contribution in [3.8, 4) is 0 Å². The molecule has 0 radical (unpaired) electrons. The van der Waals surface area contributed by atoms with E-state index in [9.17, 15) is 4.79 Å². The molecule has 0 bridgehead atoms. The zero-order valence-corrected chi connectivity index (χ0v) is 11.2. The first-order valence-electron chi connectivity index (χ1n) is 6.89. The summed E-state index contributed by atoms with van der Waals surface area (Å²) in [4.78, 5) is 13.9. The fourth-order valence-electron chi connectivity index (χ4n) is 2.50. The molecule has 2 aliphatic rings. The van der Waals surface area contributed by atoms with Crippen LogP contribution in [0.25, 0.3) is 0 Å². The molecule has 2 fully saturated rings. The lowest BCUT2D eigenvalue weighted by Crippen LogP contribution is -2.51. The SMILES string of the molecule is CCCOCCC(=O)N1CCCC2(C1)OCCO2. The quantitative estimate of drug-likeness (QED) is 0.694. The Morgan fingerprint density at radius 3 is 2.83 bits per heavy atom. The number of ether oxygens (including phenoxy) is 3. The average Bonchev–Trinajstić information content (AvgIpc) is 2.82.